The Labute approximate surface area is 171 Å². The zero-order valence-electron chi connectivity index (χ0n) is 16.3. The fourth-order valence-electron chi connectivity index (χ4n) is 3.73. The van der Waals surface area contributed by atoms with Crippen LogP contribution in [-0.4, -0.2) is 48.7 Å². The standard InChI is InChI=1S/C21H19F2N7/c1-13-8-25-12-18(28-13)17-7-19-14(9-26-17)10-27-30(19)20-4-2-3-16(29-20)15-11-24-6-5-21(15,22)23/h2-4,7-10,12,15,24H,5-6,11H2,1H3/t15-/m0/s1. The Morgan fingerprint density at radius 1 is 1.10 bits per heavy atom. The second kappa shape index (κ2) is 7.17. The van der Waals surface area contributed by atoms with Gasteiger partial charge >= 0.3 is 0 Å². The van der Waals surface area contributed by atoms with E-state index in [1.165, 1.54) is 0 Å². The van der Waals surface area contributed by atoms with Crippen LogP contribution in [0.5, 0.6) is 0 Å². The monoisotopic (exact) mass is 407 g/mol. The van der Waals surface area contributed by atoms with Gasteiger partial charge < -0.3 is 5.32 Å². The molecule has 152 valence electrons. The summed E-state index contributed by atoms with van der Waals surface area (Å²) in [5, 5.41) is 8.27. The van der Waals surface area contributed by atoms with Crippen LogP contribution in [0.3, 0.4) is 0 Å². The molecule has 1 saturated heterocycles. The van der Waals surface area contributed by atoms with Crippen LogP contribution in [0.25, 0.3) is 28.1 Å². The number of rotatable bonds is 3. The average molecular weight is 407 g/mol. The molecule has 5 heterocycles. The Morgan fingerprint density at radius 2 is 2.00 bits per heavy atom. The highest BCUT2D eigenvalue weighted by atomic mass is 19.3. The van der Waals surface area contributed by atoms with Crippen molar-refractivity contribution in [1.82, 2.24) is 35.0 Å². The molecule has 0 bridgehead atoms. The normalized spacial score (nSPS) is 18.6. The van der Waals surface area contributed by atoms with Gasteiger partial charge in [0.25, 0.3) is 5.92 Å². The van der Waals surface area contributed by atoms with Crippen LogP contribution in [0.15, 0.2) is 49.1 Å². The minimum atomic E-state index is -2.79. The highest BCUT2D eigenvalue weighted by Gasteiger charge is 2.43. The number of nitrogens with zero attached hydrogens (tertiary/aromatic N) is 6. The van der Waals surface area contributed by atoms with Crippen molar-refractivity contribution in [1.29, 1.82) is 0 Å². The number of aromatic nitrogens is 6. The fraction of sp³-hybridized carbons (Fsp3) is 0.286. The largest absolute Gasteiger partial charge is 0.316 e. The van der Waals surface area contributed by atoms with Crippen molar-refractivity contribution in [3.8, 4) is 17.2 Å². The molecular weight excluding hydrogens is 388 g/mol. The highest BCUT2D eigenvalue weighted by molar-refractivity contribution is 5.82. The van der Waals surface area contributed by atoms with E-state index in [9.17, 15) is 8.78 Å². The van der Waals surface area contributed by atoms with Crippen molar-refractivity contribution in [2.24, 2.45) is 0 Å². The van der Waals surface area contributed by atoms with E-state index in [2.05, 4.69) is 30.4 Å². The molecule has 5 rings (SSSR count). The summed E-state index contributed by atoms with van der Waals surface area (Å²) in [5.41, 5.74) is 3.21. The van der Waals surface area contributed by atoms with Crippen molar-refractivity contribution in [3.05, 3.63) is 60.4 Å². The molecule has 9 heteroatoms. The van der Waals surface area contributed by atoms with Gasteiger partial charge in [-0.2, -0.15) is 5.10 Å². The van der Waals surface area contributed by atoms with E-state index in [1.54, 1.807) is 47.7 Å². The van der Waals surface area contributed by atoms with Crippen molar-refractivity contribution >= 4 is 10.9 Å². The van der Waals surface area contributed by atoms with Crippen LogP contribution in [0, 0.1) is 6.92 Å². The first-order valence-electron chi connectivity index (χ1n) is 9.70. The quantitative estimate of drug-likeness (QED) is 0.561. The topological polar surface area (TPSA) is 81.4 Å². The number of hydrogen-bond acceptors (Lipinski definition) is 6. The summed E-state index contributed by atoms with van der Waals surface area (Å²) >= 11 is 0. The maximum atomic E-state index is 14.4. The molecule has 0 aromatic carbocycles. The molecular formula is C21H19F2N7. The van der Waals surface area contributed by atoms with Crippen molar-refractivity contribution in [2.45, 2.75) is 25.2 Å². The van der Waals surface area contributed by atoms with E-state index in [4.69, 9.17) is 0 Å². The lowest BCUT2D eigenvalue weighted by Gasteiger charge is -2.31. The van der Waals surface area contributed by atoms with E-state index >= 15 is 0 Å². The molecule has 0 unspecified atom stereocenters. The van der Waals surface area contributed by atoms with Crippen molar-refractivity contribution in [3.63, 3.8) is 0 Å². The summed E-state index contributed by atoms with van der Waals surface area (Å²) < 4.78 is 30.5. The SMILES string of the molecule is Cc1cncc(-c2cc3c(cn2)cnn3-c2cccc([C@@H]3CNCCC3(F)F)n2)n1. The average Bonchev–Trinajstić information content (AvgIpc) is 3.17. The summed E-state index contributed by atoms with van der Waals surface area (Å²) in [4.78, 5) is 17.6. The first-order chi connectivity index (χ1) is 14.5. The molecule has 1 aliphatic rings. The number of piperidine rings is 1. The van der Waals surface area contributed by atoms with E-state index in [0.29, 0.717) is 29.4 Å². The van der Waals surface area contributed by atoms with Gasteiger partial charge in [0.1, 0.15) is 5.69 Å². The number of pyridine rings is 2. The molecule has 30 heavy (non-hydrogen) atoms. The van der Waals surface area contributed by atoms with Crippen LogP contribution in [0.2, 0.25) is 0 Å². The Kier molecular flexibility index (Phi) is 4.47. The van der Waals surface area contributed by atoms with Crippen molar-refractivity contribution in [2.75, 3.05) is 13.1 Å². The summed E-state index contributed by atoms with van der Waals surface area (Å²) in [7, 11) is 0. The van der Waals surface area contributed by atoms with Crippen LogP contribution >= 0.6 is 0 Å². The van der Waals surface area contributed by atoms with Gasteiger partial charge in [-0.3, -0.25) is 9.97 Å². The zero-order valence-corrected chi connectivity index (χ0v) is 16.3. The van der Waals surface area contributed by atoms with Crippen LogP contribution in [0.1, 0.15) is 23.7 Å². The van der Waals surface area contributed by atoms with E-state index in [1.807, 2.05) is 13.0 Å². The minimum absolute atomic E-state index is 0.194. The lowest BCUT2D eigenvalue weighted by molar-refractivity contribution is -0.0490. The van der Waals surface area contributed by atoms with Crippen LogP contribution in [-0.2, 0) is 0 Å². The molecule has 4 aromatic heterocycles. The molecule has 1 N–H and O–H groups in total. The maximum Gasteiger partial charge on any atom is 0.258 e. The Balaban J connectivity index is 1.57. The maximum absolute atomic E-state index is 14.4. The molecule has 4 aromatic rings. The minimum Gasteiger partial charge on any atom is -0.316 e. The van der Waals surface area contributed by atoms with E-state index in [-0.39, 0.29) is 13.0 Å². The molecule has 1 aliphatic heterocycles. The number of aryl methyl sites for hydroxylation is 1. The Morgan fingerprint density at radius 3 is 2.83 bits per heavy atom. The molecule has 7 nitrogen and oxygen atoms in total. The van der Waals surface area contributed by atoms with E-state index in [0.717, 1.165) is 16.6 Å². The van der Waals surface area contributed by atoms with Gasteiger partial charge in [-0.25, -0.2) is 23.4 Å². The van der Waals surface area contributed by atoms with Gasteiger partial charge in [0, 0.05) is 37.3 Å². The zero-order chi connectivity index (χ0) is 20.7. The molecule has 0 saturated carbocycles. The predicted molar refractivity (Wildman–Crippen MR) is 108 cm³/mol. The van der Waals surface area contributed by atoms with Crippen LogP contribution in [0.4, 0.5) is 8.78 Å². The first-order valence-corrected chi connectivity index (χ1v) is 9.70. The molecule has 0 amide bonds. The third-order valence-electron chi connectivity index (χ3n) is 5.29. The van der Waals surface area contributed by atoms with Crippen molar-refractivity contribution < 1.29 is 8.78 Å². The summed E-state index contributed by atoms with van der Waals surface area (Å²) in [6, 6.07) is 7.01. The molecule has 1 atom stereocenters. The number of nitrogens with one attached hydrogen (secondary N) is 1. The van der Waals surface area contributed by atoms with Gasteiger partial charge in [0.05, 0.1) is 40.9 Å². The number of hydrogen-bond donors (Lipinski definition) is 1. The third kappa shape index (κ3) is 3.30. The third-order valence-corrected chi connectivity index (χ3v) is 5.29. The molecule has 0 aliphatic carbocycles. The second-order valence-electron chi connectivity index (χ2n) is 7.42. The molecule has 0 radical (unpaired) electrons. The fourth-order valence-corrected chi connectivity index (χ4v) is 3.73. The summed E-state index contributed by atoms with van der Waals surface area (Å²) in [6.45, 7) is 2.37. The predicted octanol–water partition coefficient (Wildman–Crippen LogP) is 3.29. The lowest BCUT2D eigenvalue weighted by Crippen LogP contribution is -2.43. The van der Waals surface area contributed by atoms with Gasteiger partial charge in [-0.15, -0.1) is 0 Å². The van der Waals surface area contributed by atoms with Gasteiger partial charge in [0.15, 0.2) is 5.82 Å². The lowest BCUT2D eigenvalue weighted by atomic mass is 9.91. The van der Waals surface area contributed by atoms with Gasteiger partial charge in [-0.05, 0) is 25.1 Å². The first kappa shape index (κ1) is 18.7. The summed E-state index contributed by atoms with van der Waals surface area (Å²) in [6.07, 6.45) is 6.53. The Bertz CT molecular complexity index is 1220. The molecule has 0 spiro atoms. The molecule has 1 fully saturated rings. The number of fused-ring (bicyclic) bond motifs is 1. The second-order valence-corrected chi connectivity index (χ2v) is 7.42. The number of halogens is 2. The van der Waals surface area contributed by atoms with Gasteiger partial charge in [0.2, 0.25) is 0 Å². The van der Waals surface area contributed by atoms with E-state index < -0.39 is 11.8 Å². The van der Waals surface area contributed by atoms with Gasteiger partial charge in [-0.1, -0.05) is 6.07 Å². The smallest absolute Gasteiger partial charge is 0.258 e. The Hall–Kier alpha value is -3.33. The number of alkyl halides is 2. The van der Waals surface area contributed by atoms with Crippen LogP contribution < -0.4 is 5.32 Å². The highest BCUT2D eigenvalue weighted by Crippen LogP contribution is 2.37. The summed E-state index contributed by atoms with van der Waals surface area (Å²) in [5.74, 6) is -3.27.